The molecule has 1 unspecified atom stereocenters. The van der Waals surface area contributed by atoms with Crippen molar-refractivity contribution in [1.82, 2.24) is 9.88 Å². The summed E-state index contributed by atoms with van der Waals surface area (Å²) < 4.78 is 5.03. The van der Waals surface area contributed by atoms with E-state index in [1.807, 2.05) is 0 Å². The summed E-state index contributed by atoms with van der Waals surface area (Å²) >= 11 is 1.51. The molecule has 112 valence electrons. The topological polar surface area (TPSA) is 62.7 Å². The monoisotopic (exact) mass is 298 g/mol. The van der Waals surface area contributed by atoms with Gasteiger partial charge in [0.2, 0.25) is 0 Å². The minimum atomic E-state index is -0.926. The predicted molar refractivity (Wildman–Crippen MR) is 78.4 cm³/mol. The highest BCUT2D eigenvalue weighted by molar-refractivity contribution is 7.11. The van der Waals surface area contributed by atoms with E-state index in [1.165, 1.54) is 30.6 Å². The summed E-state index contributed by atoms with van der Waals surface area (Å²) in [7, 11) is 1.64. The normalized spacial score (nSPS) is 20.2. The SMILES string of the molecule is COCCc1nc(C(=O)O)c(CN2CCCCC2C)s1. The highest BCUT2D eigenvalue weighted by atomic mass is 32.1. The average molecular weight is 298 g/mol. The fourth-order valence-corrected chi connectivity index (χ4v) is 3.61. The van der Waals surface area contributed by atoms with Crippen LogP contribution in [0.3, 0.4) is 0 Å². The molecule has 1 aliphatic rings. The number of hydrogen-bond acceptors (Lipinski definition) is 5. The summed E-state index contributed by atoms with van der Waals surface area (Å²) in [6.07, 6.45) is 4.34. The van der Waals surface area contributed by atoms with Crippen LogP contribution in [0.25, 0.3) is 0 Å². The predicted octanol–water partition coefficient (Wildman–Crippen LogP) is 2.40. The lowest BCUT2D eigenvalue weighted by Crippen LogP contribution is -2.36. The maximum absolute atomic E-state index is 11.3. The molecule has 5 nitrogen and oxygen atoms in total. The van der Waals surface area contributed by atoms with Gasteiger partial charge in [0.25, 0.3) is 0 Å². The Kier molecular flexibility index (Phi) is 5.51. The summed E-state index contributed by atoms with van der Waals surface area (Å²) in [6, 6.07) is 0.523. The Morgan fingerprint density at radius 2 is 2.35 bits per heavy atom. The van der Waals surface area contributed by atoms with Gasteiger partial charge >= 0.3 is 5.97 Å². The zero-order chi connectivity index (χ0) is 14.5. The molecule has 0 spiro atoms. The Balaban J connectivity index is 2.12. The van der Waals surface area contributed by atoms with Gasteiger partial charge in [-0.15, -0.1) is 11.3 Å². The van der Waals surface area contributed by atoms with Crippen molar-refractivity contribution in [2.45, 2.75) is 45.2 Å². The fourth-order valence-electron chi connectivity index (χ4n) is 2.55. The lowest BCUT2D eigenvalue weighted by atomic mass is 10.0. The van der Waals surface area contributed by atoms with Crippen molar-refractivity contribution in [2.24, 2.45) is 0 Å². The molecule has 2 rings (SSSR count). The first-order chi connectivity index (χ1) is 9.61. The summed E-state index contributed by atoms with van der Waals surface area (Å²) in [6.45, 7) is 4.54. The Hall–Kier alpha value is -0.980. The van der Waals surface area contributed by atoms with Crippen LogP contribution in [0.15, 0.2) is 0 Å². The molecule has 0 bridgehead atoms. The minimum absolute atomic E-state index is 0.221. The van der Waals surface area contributed by atoms with E-state index < -0.39 is 5.97 Å². The second kappa shape index (κ2) is 7.15. The molecule has 0 saturated carbocycles. The lowest BCUT2D eigenvalue weighted by molar-refractivity contribution is 0.0687. The molecule has 1 aromatic rings. The van der Waals surface area contributed by atoms with Crippen molar-refractivity contribution in [3.05, 3.63) is 15.6 Å². The van der Waals surface area contributed by atoms with Crippen LogP contribution in [0, 0.1) is 0 Å². The zero-order valence-corrected chi connectivity index (χ0v) is 12.9. The highest BCUT2D eigenvalue weighted by Gasteiger charge is 2.23. The number of carbonyl (C=O) groups is 1. The third kappa shape index (κ3) is 3.77. The number of hydrogen-bond donors (Lipinski definition) is 1. The van der Waals surface area contributed by atoms with E-state index in [0.717, 1.165) is 16.4 Å². The first kappa shape index (κ1) is 15.4. The molecule has 20 heavy (non-hydrogen) atoms. The number of carboxylic acid groups (broad SMARTS) is 1. The number of aromatic carboxylic acids is 1. The zero-order valence-electron chi connectivity index (χ0n) is 12.1. The molecular formula is C14H22N2O3S. The molecule has 0 aliphatic carbocycles. The average Bonchev–Trinajstić information content (AvgIpc) is 2.82. The molecule has 0 amide bonds. The smallest absolute Gasteiger partial charge is 0.355 e. The molecule has 0 aromatic carbocycles. The Labute approximate surface area is 123 Å². The first-order valence-electron chi connectivity index (χ1n) is 7.06. The molecule has 0 radical (unpaired) electrons. The largest absolute Gasteiger partial charge is 0.476 e. The first-order valence-corrected chi connectivity index (χ1v) is 7.88. The van der Waals surface area contributed by atoms with Gasteiger partial charge in [-0.2, -0.15) is 0 Å². The van der Waals surface area contributed by atoms with Crippen LogP contribution in [0.4, 0.5) is 0 Å². The van der Waals surface area contributed by atoms with E-state index in [-0.39, 0.29) is 5.69 Å². The van der Waals surface area contributed by atoms with Gasteiger partial charge in [-0.3, -0.25) is 4.90 Å². The summed E-state index contributed by atoms with van der Waals surface area (Å²) in [4.78, 5) is 18.8. The number of nitrogens with zero attached hydrogens (tertiary/aromatic N) is 2. The number of likely N-dealkylation sites (tertiary alicyclic amines) is 1. The number of methoxy groups -OCH3 is 1. The van der Waals surface area contributed by atoms with Crippen LogP contribution in [-0.2, 0) is 17.7 Å². The van der Waals surface area contributed by atoms with Crippen LogP contribution in [0.2, 0.25) is 0 Å². The quantitative estimate of drug-likeness (QED) is 0.874. The van der Waals surface area contributed by atoms with Crippen molar-refractivity contribution >= 4 is 17.3 Å². The third-order valence-electron chi connectivity index (χ3n) is 3.75. The van der Waals surface area contributed by atoms with Gasteiger partial charge in [-0.1, -0.05) is 6.42 Å². The lowest BCUT2D eigenvalue weighted by Gasteiger charge is -2.32. The van der Waals surface area contributed by atoms with Gasteiger partial charge in [-0.25, -0.2) is 9.78 Å². The molecule has 6 heteroatoms. The van der Waals surface area contributed by atoms with Crippen molar-refractivity contribution in [3.63, 3.8) is 0 Å². The summed E-state index contributed by atoms with van der Waals surface area (Å²) in [5, 5.41) is 10.1. The summed E-state index contributed by atoms with van der Waals surface area (Å²) in [5.74, 6) is -0.926. The number of aromatic nitrogens is 1. The molecule has 1 atom stereocenters. The van der Waals surface area contributed by atoms with E-state index in [9.17, 15) is 9.90 Å². The van der Waals surface area contributed by atoms with Crippen molar-refractivity contribution in [2.75, 3.05) is 20.3 Å². The van der Waals surface area contributed by atoms with Gasteiger partial charge in [0.15, 0.2) is 5.69 Å². The third-order valence-corrected chi connectivity index (χ3v) is 4.85. The van der Waals surface area contributed by atoms with Gasteiger partial charge in [0, 0.05) is 26.1 Å². The van der Waals surface area contributed by atoms with E-state index in [2.05, 4.69) is 16.8 Å². The van der Waals surface area contributed by atoms with E-state index >= 15 is 0 Å². The maximum atomic E-state index is 11.3. The van der Waals surface area contributed by atoms with Crippen LogP contribution in [0.5, 0.6) is 0 Å². The van der Waals surface area contributed by atoms with Crippen LogP contribution >= 0.6 is 11.3 Å². The van der Waals surface area contributed by atoms with Crippen LogP contribution < -0.4 is 0 Å². The van der Waals surface area contributed by atoms with Gasteiger partial charge in [0.1, 0.15) is 0 Å². The number of ether oxygens (including phenoxy) is 1. The van der Waals surface area contributed by atoms with E-state index in [4.69, 9.17) is 4.74 Å². The Bertz CT molecular complexity index is 461. The second-order valence-corrected chi connectivity index (χ2v) is 6.41. The van der Waals surface area contributed by atoms with Gasteiger partial charge in [0.05, 0.1) is 16.5 Å². The molecule has 2 heterocycles. The van der Waals surface area contributed by atoms with Crippen molar-refractivity contribution < 1.29 is 14.6 Å². The number of rotatable bonds is 6. The molecule has 1 N–H and O–H groups in total. The van der Waals surface area contributed by atoms with Crippen LogP contribution in [-0.4, -0.2) is 47.3 Å². The number of piperidine rings is 1. The summed E-state index contributed by atoms with van der Waals surface area (Å²) in [5.41, 5.74) is 0.221. The van der Waals surface area contributed by atoms with Gasteiger partial charge in [-0.05, 0) is 26.3 Å². The molecule has 1 saturated heterocycles. The maximum Gasteiger partial charge on any atom is 0.355 e. The van der Waals surface area contributed by atoms with Crippen molar-refractivity contribution in [1.29, 1.82) is 0 Å². The molecule has 1 aliphatic heterocycles. The standard InChI is InChI=1S/C14H22N2O3S/c1-10-5-3-4-7-16(10)9-11-13(14(17)18)15-12(20-11)6-8-19-2/h10H,3-9H2,1-2H3,(H,17,18). The molecule has 1 aromatic heterocycles. The van der Waals surface area contributed by atoms with E-state index in [1.54, 1.807) is 7.11 Å². The number of carboxylic acids is 1. The molecular weight excluding hydrogens is 276 g/mol. The highest BCUT2D eigenvalue weighted by Crippen LogP contribution is 2.25. The van der Waals surface area contributed by atoms with E-state index in [0.29, 0.717) is 25.6 Å². The number of thiazole rings is 1. The Morgan fingerprint density at radius 3 is 3.00 bits per heavy atom. The second-order valence-electron chi connectivity index (χ2n) is 5.24. The van der Waals surface area contributed by atoms with Crippen molar-refractivity contribution in [3.8, 4) is 0 Å². The van der Waals surface area contributed by atoms with Gasteiger partial charge < -0.3 is 9.84 Å². The Morgan fingerprint density at radius 1 is 1.55 bits per heavy atom. The van der Waals surface area contributed by atoms with Crippen LogP contribution in [0.1, 0.15) is 46.6 Å². The fraction of sp³-hybridized carbons (Fsp3) is 0.714. The minimum Gasteiger partial charge on any atom is -0.476 e. The molecule has 1 fully saturated rings.